The maximum absolute atomic E-state index is 4.53. The molecule has 4 nitrogen and oxygen atoms in total. The van der Waals surface area contributed by atoms with Gasteiger partial charge in [0.2, 0.25) is 0 Å². The van der Waals surface area contributed by atoms with Crippen molar-refractivity contribution in [2.45, 2.75) is 30.6 Å². The zero-order chi connectivity index (χ0) is 15.3. The van der Waals surface area contributed by atoms with E-state index in [-0.39, 0.29) is 29.5 Å². The summed E-state index contributed by atoms with van der Waals surface area (Å²) in [4.78, 5) is 9.37. The average Bonchev–Trinajstić information content (AvgIpc) is 2.98. The fourth-order valence-electron chi connectivity index (χ4n) is 2.98. The lowest BCUT2D eigenvalue weighted by molar-refractivity contribution is 0.181. The van der Waals surface area contributed by atoms with Gasteiger partial charge in [-0.25, -0.2) is 0 Å². The maximum Gasteiger partial charge on any atom is 0.193 e. The molecule has 0 bridgehead atoms. The minimum atomic E-state index is 0. The lowest BCUT2D eigenvalue weighted by Gasteiger charge is -2.39. The van der Waals surface area contributed by atoms with Crippen LogP contribution in [0.5, 0.6) is 0 Å². The molecular formula is C15H31IN4S2. The summed E-state index contributed by atoms with van der Waals surface area (Å²) < 4.78 is 0. The van der Waals surface area contributed by atoms with Gasteiger partial charge in [0, 0.05) is 49.0 Å². The van der Waals surface area contributed by atoms with Gasteiger partial charge in [-0.15, -0.1) is 24.0 Å². The van der Waals surface area contributed by atoms with E-state index in [9.17, 15) is 0 Å². The van der Waals surface area contributed by atoms with E-state index in [1.807, 2.05) is 7.05 Å². The van der Waals surface area contributed by atoms with Gasteiger partial charge in [-0.2, -0.15) is 23.5 Å². The minimum Gasteiger partial charge on any atom is -0.354 e. The van der Waals surface area contributed by atoms with Crippen molar-refractivity contribution in [1.82, 2.24) is 15.1 Å². The van der Waals surface area contributed by atoms with E-state index in [1.165, 1.54) is 30.1 Å². The molecule has 130 valence electrons. The number of nitrogens with one attached hydrogen (secondary N) is 1. The van der Waals surface area contributed by atoms with Gasteiger partial charge < -0.3 is 15.1 Å². The van der Waals surface area contributed by atoms with Crippen LogP contribution in [0.2, 0.25) is 0 Å². The molecule has 2 fully saturated rings. The van der Waals surface area contributed by atoms with E-state index in [0.29, 0.717) is 0 Å². The zero-order valence-electron chi connectivity index (χ0n) is 14.3. The Morgan fingerprint density at radius 3 is 2.73 bits per heavy atom. The molecule has 0 aliphatic carbocycles. The predicted octanol–water partition coefficient (Wildman–Crippen LogP) is 2.44. The van der Waals surface area contributed by atoms with Gasteiger partial charge >= 0.3 is 0 Å². The van der Waals surface area contributed by atoms with E-state index in [0.717, 1.165) is 30.8 Å². The van der Waals surface area contributed by atoms with Crippen LogP contribution in [0.15, 0.2) is 4.99 Å². The quantitative estimate of drug-likeness (QED) is 0.398. The molecule has 0 aromatic rings. The Labute approximate surface area is 161 Å². The molecule has 0 amide bonds. The van der Waals surface area contributed by atoms with E-state index in [4.69, 9.17) is 0 Å². The standard InChI is InChI=1S/C15H30N4S2.HI/c1-5-13-10-19(7-9-21-13)14(16-2)17-11-15(18(3)4)6-8-20-12-15;/h13H,5-12H2,1-4H3,(H,16,17);1H. The summed E-state index contributed by atoms with van der Waals surface area (Å²) in [6, 6.07) is 0. The van der Waals surface area contributed by atoms with Gasteiger partial charge in [0.15, 0.2) is 5.96 Å². The third-order valence-electron chi connectivity index (χ3n) is 4.71. The van der Waals surface area contributed by atoms with E-state index in [2.05, 4.69) is 64.7 Å². The Morgan fingerprint density at radius 2 is 2.18 bits per heavy atom. The topological polar surface area (TPSA) is 30.9 Å². The largest absolute Gasteiger partial charge is 0.354 e. The van der Waals surface area contributed by atoms with Gasteiger partial charge in [-0.3, -0.25) is 4.99 Å². The van der Waals surface area contributed by atoms with Crippen LogP contribution in [0.3, 0.4) is 0 Å². The molecule has 0 aromatic carbocycles. The Bertz CT molecular complexity index is 359. The van der Waals surface area contributed by atoms with E-state index >= 15 is 0 Å². The number of guanidine groups is 1. The van der Waals surface area contributed by atoms with Crippen molar-refractivity contribution in [3.8, 4) is 0 Å². The fraction of sp³-hybridized carbons (Fsp3) is 0.933. The molecule has 0 radical (unpaired) electrons. The van der Waals surface area contributed by atoms with Crippen molar-refractivity contribution in [1.29, 1.82) is 0 Å². The molecule has 22 heavy (non-hydrogen) atoms. The van der Waals surface area contributed by atoms with E-state index < -0.39 is 0 Å². The average molecular weight is 458 g/mol. The first-order valence-corrected chi connectivity index (χ1v) is 10.1. The molecule has 0 saturated carbocycles. The van der Waals surface area contributed by atoms with Crippen molar-refractivity contribution >= 4 is 53.5 Å². The first kappa shape index (κ1) is 20.7. The van der Waals surface area contributed by atoms with Crippen molar-refractivity contribution in [2.75, 3.05) is 58.0 Å². The number of nitrogens with zero attached hydrogens (tertiary/aromatic N) is 3. The number of hydrogen-bond donors (Lipinski definition) is 1. The summed E-state index contributed by atoms with van der Waals surface area (Å²) in [5, 5.41) is 4.41. The molecule has 2 saturated heterocycles. The SMILES string of the molecule is CCC1CN(C(=NC)NCC2(N(C)C)CCSC2)CCS1.I. The number of aliphatic imine (C=N–C) groups is 1. The van der Waals surface area contributed by atoms with Crippen LogP contribution in [0.25, 0.3) is 0 Å². The summed E-state index contributed by atoms with van der Waals surface area (Å²) >= 11 is 4.18. The summed E-state index contributed by atoms with van der Waals surface area (Å²) in [5.41, 5.74) is 0.287. The van der Waals surface area contributed by atoms with Crippen LogP contribution in [-0.4, -0.2) is 84.6 Å². The molecule has 1 N–H and O–H groups in total. The zero-order valence-corrected chi connectivity index (χ0v) is 18.3. The molecule has 2 atom stereocenters. The van der Waals surface area contributed by atoms with Crippen molar-refractivity contribution in [2.24, 2.45) is 4.99 Å². The first-order chi connectivity index (χ1) is 10.1. The third-order valence-corrected chi connectivity index (χ3v) is 7.32. The predicted molar refractivity (Wildman–Crippen MR) is 113 cm³/mol. The smallest absolute Gasteiger partial charge is 0.193 e. The highest BCUT2D eigenvalue weighted by Crippen LogP contribution is 2.31. The van der Waals surface area contributed by atoms with Gasteiger partial charge in [-0.1, -0.05) is 6.92 Å². The third kappa shape index (κ3) is 5.08. The molecule has 2 rings (SSSR count). The lowest BCUT2D eigenvalue weighted by Crippen LogP contribution is -2.56. The van der Waals surface area contributed by atoms with Crippen molar-refractivity contribution in [3.63, 3.8) is 0 Å². The molecule has 2 aliphatic heterocycles. The molecule has 0 aromatic heterocycles. The Morgan fingerprint density at radius 1 is 1.41 bits per heavy atom. The minimum absolute atomic E-state index is 0. The molecule has 2 heterocycles. The molecule has 0 spiro atoms. The molecule has 2 unspecified atom stereocenters. The van der Waals surface area contributed by atoms with Crippen LogP contribution in [-0.2, 0) is 0 Å². The van der Waals surface area contributed by atoms with E-state index in [1.54, 1.807) is 0 Å². The van der Waals surface area contributed by atoms with Gasteiger partial charge in [0.05, 0.1) is 0 Å². The second-order valence-corrected chi connectivity index (χ2v) is 8.68. The number of rotatable bonds is 4. The number of thioether (sulfide) groups is 2. The highest BCUT2D eigenvalue weighted by atomic mass is 127. The lowest BCUT2D eigenvalue weighted by atomic mass is 9.97. The first-order valence-electron chi connectivity index (χ1n) is 7.93. The van der Waals surface area contributed by atoms with Crippen LogP contribution in [0.4, 0.5) is 0 Å². The highest BCUT2D eigenvalue weighted by molar-refractivity contribution is 14.0. The maximum atomic E-state index is 4.53. The van der Waals surface area contributed by atoms with Crippen LogP contribution < -0.4 is 5.32 Å². The second-order valence-electron chi connectivity index (χ2n) is 6.17. The highest BCUT2D eigenvalue weighted by Gasteiger charge is 2.37. The van der Waals surface area contributed by atoms with Crippen molar-refractivity contribution < 1.29 is 0 Å². The normalized spacial score (nSPS) is 29.6. The Balaban J connectivity index is 0.00000242. The van der Waals surface area contributed by atoms with Gasteiger partial charge in [-0.05, 0) is 32.7 Å². The summed E-state index contributed by atoms with van der Waals surface area (Å²) in [6.07, 6.45) is 2.51. The van der Waals surface area contributed by atoms with Crippen molar-refractivity contribution in [3.05, 3.63) is 0 Å². The van der Waals surface area contributed by atoms with Crippen LogP contribution >= 0.6 is 47.5 Å². The summed E-state index contributed by atoms with van der Waals surface area (Å²) in [7, 11) is 6.33. The van der Waals surface area contributed by atoms with Crippen LogP contribution in [0.1, 0.15) is 19.8 Å². The number of likely N-dealkylation sites (N-methyl/N-ethyl adjacent to an activating group) is 1. The molecule has 7 heteroatoms. The Hall–Kier alpha value is 0.660. The fourth-order valence-corrected chi connectivity index (χ4v) is 5.71. The van der Waals surface area contributed by atoms with Gasteiger partial charge in [0.1, 0.15) is 0 Å². The Kier molecular flexibility index (Phi) is 9.26. The molecule has 2 aliphatic rings. The van der Waals surface area contributed by atoms with Crippen LogP contribution in [0, 0.1) is 0 Å². The van der Waals surface area contributed by atoms with Gasteiger partial charge in [0.25, 0.3) is 0 Å². The summed E-state index contributed by atoms with van der Waals surface area (Å²) in [5.74, 6) is 4.80. The molecular weight excluding hydrogens is 427 g/mol. The number of hydrogen-bond acceptors (Lipinski definition) is 4. The monoisotopic (exact) mass is 458 g/mol. The second kappa shape index (κ2) is 9.84. The summed E-state index contributed by atoms with van der Waals surface area (Å²) in [6.45, 7) is 5.53. The number of halogens is 1.